The van der Waals surface area contributed by atoms with Crippen molar-refractivity contribution >= 4 is 23.3 Å². The van der Waals surface area contributed by atoms with Crippen molar-refractivity contribution in [2.24, 2.45) is 0 Å². The number of halogens is 4. The summed E-state index contributed by atoms with van der Waals surface area (Å²) in [6, 6.07) is 0.794. The summed E-state index contributed by atoms with van der Waals surface area (Å²) in [7, 11) is 0. The third-order valence-corrected chi connectivity index (χ3v) is 3.57. The van der Waals surface area contributed by atoms with Gasteiger partial charge in [-0.15, -0.1) is 0 Å². The number of anilines is 1. The van der Waals surface area contributed by atoms with Crippen LogP contribution >= 0.6 is 11.6 Å². The maximum Gasteiger partial charge on any atom is 0.417 e. The van der Waals surface area contributed by atoms with Gasteiger partial charge in [0.2, 0.25) is 5.91 Å². The first-order chi connectivity index (χ1) is 9.88. The lowest BCUT2D eigenvalue weighted by molar-refractivity contribution is -0.137. The van der Waals surface area contributed by atoms with Gasteiger partial charge in [-0.25, -0.2) is 4.98 Å². The molecule has 0 bridgehead atoms. The lowest BCUT2D eigenvalue weighted by atomic mass is 10.1. The number of amides is 1. The molecule has 116 valence electrons. The molecule has 2 heterocycles. The highest BCUT2D eigenvalue weighted by Crippen LogP contribution is 2.32. The maximum atomic E-state index is 12.5. The number of piperidine rings is 1. The number of aromatic nitrogens is 1. The topological polar surface area (TPSA) is 45.2 Å². The van der Waals surface area contributed by atoms with Crippen LogP contribution in [-0.2, 0) is 11.0 Å². The predicted octanol–water partition coefficient (Wildman–Crippen LogP) is 3.18. The van der Waals surface area contributed by atoms with Crippen molar-refractivity contribution in [1.82, 2.24) is 9.88 Å². The summed E-state index contributed by atoms with van der Waals surface area (Å²) in [4.78, 5) is 17.3. The Kier molecular flexibility index (Phi) is 4.92. The van der Waals surface area contributed by atoms with E-state index in [0.717, 1.165) is 25.3 Å². The van der Waals surface area contributed by atoms with Crippen molar-refractivity contribution in [1.29, 1.82) is 0 Å². The van der Waals surface area contributed by atoms with Crippen LogP contribution in [0.2, 0.25) is 5.02 Å². The quantitative estimate of drug-likeness (QED) is 0.930. The molecular formula is C13H15ClF3N3O. The fourth-order valence-corrected chi connectivity index (χ4v) is 2.37. The second-order valence-corrected chi connectivity index (χ2v) is 5.25. The highest BCUT2D eigenvalue weighted by atomic mass is 35.5. The highest BCUT2D eigenvalue weighted by molar-refractivity contribution is 6.33. The third-order valence-electron chi connectivity index (χ3n) is 3.28. The van der Waals surface area contributed by atoms with Crippen LogP contribution in [0.25, 0.3) is 0 Å². The Morgan fingerprint density at radius 3 is 2.57 bits per heavy atom. The van der Waals surface area contributed by atoms with E-state index < -0.39 is 11.7 Å². The zero-order chi connectivity index (χ0) is 15.5. The molecule has 1 N–H and O–H groups in total. The van der Waals surface area contributed by atoms with Gasteiger partial charge >= 0.3 is 6.18 Å². The van der Waals surface area contributed by atoms with Gasteiger partial charge < -0.3 is 10.2 Å². The minimum atomic E-state index is -4.49. The summed E-state index contributed by atoms with van der Waals surface area (Å²) in [5, 5.41) is 2.53. The molecular weight excluding hydrogens is 307 g/mol. The van der Waals surface area contributed by atoms with Crippen molar-refractivity contribution in [3.05, 3.63) is 22.8 Å². The smallest absolute Gasteiger partial charge is 0.360 e. The number of alkyl halides is 3. The SMILES string of the molecule is O=C(CNc1ncc(C(F)(F)F)cc1Cl)N1CCCCC1. The highest BCUT2D eigenvalue weighted by Gasteiger charge is 2.31. The van der Waals surface area contributed by atoms with Crippen molar-refractivity contribution in [2.75, 3.05) is 25.0 Å². The molecule has 0 aliphatic carbocycles. The Morgan fingerprint density at radius 1 is 1.33 bits per heavy atom. The average molecular weight is 322 g/mol. The summed E-state index contributed by atoms with van der Waals surface area (Å²) in [5.41, 5.74) is -0.916. The number of hydrogen-bond donors (Lipinski definition) is 1. The van der Waals surface area contributed by atoms with Crippen molar-refractivity contribution in [3.63, 3.8) is 0 Å². The number of nitrogens with zero attached hydrogens (tertiary/aromatic N) is 2. The number of pyridine rings is 1. The molecule has 1 aliphatic rings. The van der Waals surface area contributed by atoms with Crippen LogP contribution < -0.4 is 5.32 Å². The summed E-state index contributed by atoms with van der Waals surface area (Å²) in [5.74, 6) is -0.0255. The molecule has 8 heteroatoms. The number of rotatable bonds is 3. The van der Waals surface area contributed by atoms with Crippen molar-refractivity contribution in [2.45, 2.75) is 25.4 Å². The van der Waals surface area contributed by atoms with Gasteiger partial charge in [0, 0.05) is 19.3 Å². The van der Waals surface area contributed by atoms with Gasteiger partial charge in [-0.2, -0.15) is 13.2 Å². The van der Waals surface area contributed by atoms with E-state index in [2.05, 4.69) is 10.3 Å². The van der Waals surface area contributed by atoms with E-state index in [0.29, 0.717) is 19.3 Å². The molecule has 1 aliphatic heterocycles. The largest absolute Gasteiger partial charge is 0.417 e. The van der Waals surface area contributed by atoms with Crippen molar-refractivity contribution < 1.29 is 18.0 Å². The van der Waals surface area contributed by atoms with E-state index >= 15 is 0 Å². The first-order valence-electron chi connectivity index (χ1n) is 6.62. The summed E-state index contributed by atoms with van der Waals surface area (Å²) >= 11 is 5.75. The Labute approximate surface area is 125 Å². The molecule has 0 unspecified atom stereocenters. The first-order valence-corrected chi connectivity index (χ1v) is 7.00. The number of carbonyl (C=O) groups is 1. The Hall–Kier alpha value is -1.50. The maximum absolute atomic E-state index is 12.5. The van der Waals surface area contributed by atoms with Crippen LogP contribution in [0.3, 0.4) is 0 Å². The van der Waals surface area contributed by atoms with Crippen LogP contribution in [0.1, 0.15) is 24.8 Å². The molecule has 1 aromatic heterocycles. The molecule has 0 atom stereocenters. The van der Waals surface area contributed by atoms with E-state index in [4.69, 9.17) is 11.6 Å². The summed E-state index contributed by atoms with van der Waals surface area (Å²) < 4.78 is 37.4. The predicted molar refractivity (Wildman–Crippen MR) is 73.2 cm³/mol. The van der Waals surface area contributed by atoms with E-state index in [1.165, 1.54) is 0 Å². The summed E-state index contributed by atoms with van der Waals surface area (Å²) in [6.45, 7) is 1.40. The van der Waals surface area contributed by atoms with Crippen LogP contribution in [-0.4, -0.2) is 35.4 Å². The number of likely N-dealkylation sites (tertiary alicyclic amines) is 1. The molecule has 1 saturated heterocycles. The van der Waals surface area contributed by atoms with E-state index in [9.17, 15) is 18.0 Å². The molecule has 0 spiro atoms. The van der Waals surface area contributed by atoms with Gasteiger partial charge in [0.25, 0.3) is 0 Å². The lowest BCUT2D eigenvalue weighted by Gasteiger charge is -2.26. The zero-order valence-electron chi connectivity index (χ0n) is 11.2. The van der Waals surface area contributed by atoms with Crippen LogP contribution in [0.15, 0.2) is 12.3 Å². The Morgan fingerprint density at radius 2 is 2.00 bits per heavy atom. The standard InChI is InChI=1S/C13H15ClF3N3O/c14-10-6-9(13(15,16)17)7-18-12(10)19-8-11(21)20-4-2-1-3-5-20/h6-7H,1-5,8H2,(H,18,19). The lowest BCUT2D eigenvalue weighted by Crippen LogP contribution is -2.39. The molecule has 0 aromatic carbocycles. The molecule has 2 rings (SSSR count). The van der Waals surface area contributed by atoms with E-state index in [1.807, 2.05) is 0 Å². The van der Waals surface area contributed by atoms with E-state index in [1.54, 1.807) is 4.90 Å². The van der Waals surface area contributed by atoms with Gasteiger partial charge in [0.05, 0.1) is 17.1 Å². The van der Waals surface area contributed by atoms with Gasteiger partial charge in [-0.1, -0.05) is 11.6 Å². The fraction of sp³-hybridized carbons (Fsp3) is 0.538. The minimum absolute atomic E-state index is 0.0297. The van der Waals surface area contributed by atoms with E-state index in [-0.39, 0.29) is 23.3 Å². The normalized spacial score (nSPS) is 15.9. The Balaban J connectivity index is 1.95. The minimum Gasteiger partial charge on any atom is -0.360 e. The summed E-state index contributed by atoms with van der Waals surface area (Å²) in [6.07, 6.45) is -0.724. The molecule has 1 aromatic rings. The van der Waals surface area contributed by atoms with Crippen LogP contribution in [0.4, 0.5) is 19.0 Å². The van der Waals surface area contributed by atoms with Crippen LogP contribution in [0, 0.1) is 0 Å². The van der Waals surface area contributed by atoms with Crippen molar-refractivity contribution in [3.8, 4) is 0 Å². The Bertz CT molecular complexity index is 516. The number of carbonyl (C=O) groups excluding carboxylic acids is 1. The van der Waals surface area contributed by atoms with Crippen LogP contribution in [0.5, 0.6) is 0 Å². The average Bonchev–Trinajstić information content (AvgIpc) is 2.45. The molecule has 0 radical (unpaired) electrons. The van der Waals surface area contributed by atoms with Gasteiger partial charge in [-0.05, 0) is 25.3 Å². The van der Waals surface area contributed by atoms with Gasteiger partial charge in [-0.3, -0.25) is 4.79 Å². The zero-order valence-corrected chi connectivity index (χ0v) is 12.0. The molecule has 1 amide bonds. The van der Waals surface area contributed by atoms with Gasteiger partial charge in [0.1, 0.15) is 5.82 Å². The third kappa shape index (κ3) is 4.23. The first kappa shape index (κ1) is 15.9. The number of nitrogens with one attached hydrogen (secondary N) is 1. The van der Waals surface area contributed by atoms with Gasteiger partial charge in [0.15, 0.2) is 0 Å². The second-order valence-electron chi connectivity index (χ2n) is 4.85. The number of hydrogen-bond acceptors (Lipinski definition) is 3. The molecule has 21 heavy (non-hydrogen) atoms. The monoisotopic (exact) mass is 321 g/mol. The molecule has 0 saturated carbocycles. The molecule has 1 fully saturated rings. The molecule has 4 nitrogen and oxygen atoms in total. The second kappa shape index (κ2) is 6.51. The fourth-order valence-electron chi connectivity index (χ4n) is 2.14.